The van der Waals surface area contributed by atoms with Gasteiger partial charge < -0.3 is 9.30 Å². The van der Waals surface area contributed by atoms with Crippen molar-refractivity contribution in [3.05, 3.63) is 66.6 Å². The van der Waals surface area contributed by atoms with Crippen LogP contribution in [0.3, 0.4) is 0 Å². The molecule has 0 saturated carbocycles. The van der Waals surface area contributed by atoms with Crippen LogP contribution in [0.15, 0.2) is 60.9 Å². The summed E-state index contributed by atoms with van der Waals surface area (Å²) in [6.07, 6.45) is 4.32. The molecule has 0 aliphatic carbocycles. The first-order valence-electron chi connectivity index (χ1n) is 8.20. The summed E-state index contributed by atoms with van der Waals surface area (Å²) in [6, 6.07) is 15.7. The van der Waals surface area contributed by atoms with E-state index in [1.165, 1.54) is 0 Å². The fourth-order valence-electron chi connectivity index (χ4n) is 2.74. The number of pyridine rings is 1. The number of aromatic nitrogens is 2. The van der Waals surface area contributed by atoms with Gasteiger partial charge in [0.2, 0.25) is 5.91 Å². The Kier molecular flexibility index (Phi) is 4.38. The van der Waals surface area contributed by atoms with Crippen LogP contribution >= 0.6 is 0 Å². The molecule has 0 aliphatic rings. The third-order valence-corrected chi connectivity index (χ3v) is 3.86. The van der Waals surface area contributed by atoms with Crippen molar-refractivity contribution >= 4 is 17.2 Å². The number of nitrogens with zero attached hydrogens (tertiary/aromatic N) is 3. The highest BCUT2D eigenvalue weighted by atomic mass is 16.2. The van der Waals surface area contributed by atoms with Crippen molar-refractivity contribution in [2.45, 2.75) is 33.7 Å². The first-order valence-corrected chi connectivity index (χ1v) is 8.20. The number of hydrogen-bond donors (Lipinski definition) is 0. The van der Waals surface area contributed by atoms with Gasteiger partial charge in [0, 0.05) is 18.3 Å². The van der Waals surface area contributed by atoms with Crippen LogP contribution in [0.4, 0.5) is 5.69 Å². The smallest absolute Gasteiger partial charge is 0.227 e. The van der Waals surface area contributed by atoms with Crippen LogP contribution in [0.25, 0.3) is 5.65 Å². The summed E-state index contributed by atoms with van der Waals surface area (Å²) in [6.45, 7) is 6.76. The number of benzene rings is 1. The van der Waals surface area contributed by atoms with Crippen molar-refractivity contribution in [3.63, 3.8) is 0 Å². The van der Waals surface area contributed by atoms with Crippen molar-refractivity contribution in [2.24, 2.45) is 5.41 Å². The summed E-state index contributed by atoms with van der Waals surface area (Å²) in [5.41, 5.74) is 2.75. The van der Waals surface area contributed by atoms with Crippen molar-refractivity contribution in [2.75, 3.05) is 4.90 Å². The average molecular weight is 321 g/mol. The number of rotatable bonds is 4. The third kappa shape index (κ3) is 3.65. The summed E-state index contributed by atoms with van der Waals surface area (Å²) < 4.78 is 2.03. The molecule has 0 atom stereocenters. The molecule has 4 nitrogen and oxygen atoms in total. The van der Waals surface area contributed by atoms with E-state index in [0.29, 0.717) is 13.0 Å². The van der Waals surface area contributed by atoms with Gasteiger partial charge in [-0.2, -0.15) is 0 Å². The fraction of sp³-hybridized carbons (Fsp3) is 0.300. The lowest BCUT2D eigenvalue weighted by molar-refractivity contribution is -0.120. The van der Waals surface area contributed by atoms with Crippen molar-refractivity contribution < 1.29 is 4.79 Å². The van der Waals surface area contributed by atoms with E-state index in [4.69, 9.17) is 0 Å². The number of carbonyl (C=O) groups excluding carboxylic acids is 1. The molecule has 24 heavy (non-hydrogen) atoms. The van der Waals surface area contributed by atoms with E-state index in [-0.39, 0.29) is 11.3 Å². The minimum Gasteiger partial charge on any atom is -0.306 e. The van der Waals surface area contributed by atoms with Gasteiger partial charge in [0.1, 0.15) is 5.65 Å². The highest BCUT2D eigenvalue weighted by molar-refractivity contribution is 5.93. The fourth-order valence-corrected chi connectivity index (χ4v) is 2.74. The van der Waals surface area contributed by atoms with Crippen LogP contribution in [0.5, 0.6) is 0 Å². The van der Waals surface area contributed by atoms with Gasteiger partial charge in [-0.15, -0.1) is 0 Å². The molecule has 1 aromatic carbocycles. The molecule has 0 bridgehead atoms. The summed E-state index contributed by atoms with van der Waals surface area (Å²) in [7, 11) is 0. The predicted molar refractivity (Wildman–Crippen MR) is 96.9 cm³/mol. The Labute approximate surface area is 142 Å². The molecule has 0 saturated heterocycles. The van der Waals surface area contributed by atoms with Gasteiger partial charge in [-0.25, -0.2) is 4.98 Å². The molecule has 0 unspecified atom stereocenters. The molecule has 0 aliphatic heterocycles. The molecular weight excluding hydrogens is 298 g/mol. The van der Waals surface area contributed by atoms with E-state index in [1.807, 2.05) is 70.2 Å². The minimum absolute atomic E-state index is 0.0520. The maximum Gasteiger partial charge on any atom is 0.227 e. The SMILES string of the molecule is CC(C)(C)CC(=O)N(Cc1cnc2ccccn12)c1ccccc1. The molecule has 2 heterocycles. The normalized spacial score (nSPS) is 11.6. The highest BCUT2D eigenvalue weighted by Gasteiger charge is 2.23. The molecule has 0 radical (unpaired) electrons. The summed E-state index contributed by atoms with van der Waals surface area (Å²) in [4.78, 5) is 19.2. The Bertz CT molecular complexity index is 831. The van der Waals surface area contributed by atoms with Crippen molar-refractivity contribution in [1.29, 1.82) is 0 Å². The van der Waals surface area contributed by atoms with Crippen molar-refractivity contribution in [1.82, 2.24) is 9.38 Å². The maximum absolute atomic E-state index is 12.9. The first-order chi connectivity index (χ1) is 11.4. The van der Waals surface area contributed by atoms with E-state index in [0.717, 1.165) is 17.0 Å². The quantitative estimate of drug-likeness (QED) is 0.718. The van der Waals surface area contributed by atoms with E-state index >= 15 is 0 Å². The van der Waals surface area contributed by atoms with Gasteiger partial charge in [0.25, 0.3) is 0 Å². The number of fused-ring (bicyclic) bond motifs is 1. The number of anilines is 1. The van der Waals surface area contributed by atoms with E-state index in [1.54, 1.807) is 0 Å². The number of hydrogen-bond acceptors (Lipinski definition) is 2. The van der Waals surface area contributed by atoms with Crippen LogP contribution in [0, 0.1) is 5.41 Å². The zero-order valence-corrected chi connectivity index (χ0v) is 14.4. The molecule has 4 heteroatoms. The van der Waals surface area contributed by atoms with Crippen LogP contribution in [-0.2, 0) is 11.3 Å². The third-order valence-electron chi connectivity index (χ3n) is 3.86. The van der Waals surface area contributed by atoms with Gasteiger partial charge >= 0.3 is 0 Å². The summed E-state index contributed by atoms with van der Waals surface area (Å²) in [5, 5.41) is 0. The lowest BCUT2D eigenvalue weighted by Crippen LogP contribution is -2.33. The van der Waals surface area contributed by atoms with Gasteiger partial charge in [-0.1, -0.05) is 45.0 Å². The molecule has 3 aromatic rings. The van der Waals surface area contributed by atoms with Crippen LogP contribution in [-0.4, -0.2) is 15.3 Å². The number of para-hydroxylation sites is 1. The van der Waals surface area contributed by atoms with Gasteiger partial charge in [-0.3, -0.25) is 4.79 Å². The topological polar surface area (TPSA) is 37.6 Å². The highest BCUT2D eigenvalue weighted by Crippen LogP contribution is 2.24. The second-order valence-corrected chi connectivity index (χ2v) is 7.23. The lowest BCUT2D eigenvalue weighted by atomic mass is 9.91. The molecular formula is C20H23N3O. The number of imidazole rings is 1. The van der Waals surface area contributed by atoms with Gasteiger partial charge in [-0.05, 0) is 29.7 Å². The Morgan fingerprint density at radius 1 is 1.08 bits per heavy atom. The summed E-state index contributed by atoms with van der Waals surface area (Å²) in [5.74, 6) is 0.125. The Hall–Kier alpha value is -2.62. The molecule has 124 valence electrons. The molecule has 3 rings (SSSR count). The largest absolute Gasteiger partial charge is 0.306 e. The monoisotopic (exact) mass is 321 g/mol. The van der Waals surface area contributed by atoms with Crippen LogP contribution < -0.4 is 4.90 Å². The predicted octanol–water partition coefficient (Wildman–Crippen LogP) is 4.30. The molecule has 1 amide bonds. The second-order valence-electron chi connectivity index (χ2n) is 7.23. The minimum atomic E-state index is -0.0520. The first kappa shape index (κ1) is 16.2. The molecule has 0 spiro atoms. The Balaban J connectivity index is 1.94. The van der Waals surface area contributed by atoms with Crippen LogP contribution in [0.1, 0.15) is 32.9 Å². The Morgan fingerprint density at radius 3 is 2.50 bits per heavy atom. The zero-order valence-electron chi connectivity index (χ0n) is 14.4. The average Bonchev–Trinajstić information content (AvgIpc) is 2.95. The van der Waals surface area contributed by atoms with E-state index in [9.17, 15) is 4.79 Å². The van der Waals surface area contributed by atoms with E-state index < -0.39 is 0 Å². The van der Waals surface area contributed by atoms with Gasteiger partial charge in [0.15, 0.2) is 0 Å². The maximum atomic E-state index is 12.9. The molecule has 2 aromatic heterocycles. The zero-order chi connectivity index (χ0) is 17.2. The van der Waals surface area contributed by atoms with Crippen molar-refractivity contribution in [3.8, 4) is 0 Å². The standard InChI is InChI=1S/C20H23N3O/c1-20(2,3)13-19(24)23(16-9-5-4-6-10-16)15-17-14-21-18-11-7-8-12-22(17)18/h4-12,14H,13,15H2,1-3H3. The Morgan fingerprint density at radius 2 is 1.79 bits per heavy atom. The van der Waals surface area contributed by atoms with Gasteiger partial charge in [0.05, 0.1) is 18.4 Å². The number of carbonyl (C=O) groups is 1. The molecule has 0 fully saturated rings. The summed E-state index contributed by atoms with van der Waals surface area (Å²) >= 11 is 0. The lowest BCUT2D eigenvalue weighted by Gasteiger charge is -2.26. The second kappa shape index (κ2) is 6.48. The number of amides is 1. The van der Waals surface area contributed by atoms with Crippen LogP contribution in [0.2, 0.25) is 0 Å². The van der Waals surface area contributed by atoms with E-state index in [2.05, 4.69) is 25.8 Å². The molecule has 0 N–H and O–H groups in total.